The summed E-state index contributed by atoms with van der Waals surface area (Å²) in [6, 6.07) is 7.33. The Morgan fingerprint density at radius 3 is 2.65 bits per heavy atom. The van der Waals surface area contributed by atoms with E-state index in [1.807, 2.05) is 19.1 Å². The molecule has 1 aromatic carbocycles. The van der Waals surface area contributed by atoms with Crippen molar-refractivity contribution in [1.82, 2.24) is 4.90 Å². The van der Waals surface area contributed by atoms with Crippen molar-refractivity contribution in [1.29, 1.82) is 0 Å². The Balaban J connectivity index is 1.98. The molecule has 5 nitrogen and oxygen atoms in total. The van der Waals surface area contributed by atoms with Crippen molar-refractivity contribution in [3.63, 3.8) is 0 Å². The van der Waals surface area contributed by atoms with Gasteiger partial charge in [0, 0.05) is 5.69 Å². The second-order valence-electron chi connectivity index (χ2n) is 4.69. The van der Waals surface area contributed by atoms with Gasteiger partial charge in [-0.25, -0.2) is 0 Å². The summed E-state index contributed by atoms with van der Waals surface area (Å²) in [4.78, 5) is 36.5. The van der Waals surface area contributed by atoms with E-state index < -0.39 is 0 Å². The third-order valence-electron chi connectivity index (χ3n) is 3.01. The molecule has 1 unspecified atom stereocenters. The SMILES string of the molecule is Cc1ccc(NC(=O)CN2C(=O)CSC(C)C2=O)cc1. The molecule has 1 N–H and O–H groups in total. The van der Waals surface area contributed by atoms with Crippen molar-refractivity contribution >= 4 is 35.2 Å². The Bertz CT molecular complexity index is 542. The van der Waals surface area contributed by atoms with Crippen LogP contribution in [-0.2, 0) is 14.4 Å². The molecule has 0 saturated carbocycles. The van der Waals surface area contributed by atoms with E-state index in [2.05, 4.69) is 5.32 Å². The van der Waals surface area contributed by atoms with Crippen LogP contribution in [0.1, 0.15) is 12.5 Å². The van der Waals surface area contributed by atoms with Crippen molar-refractivity contribution in [2.24, 2.45) is 0 Å². The summed E-state index contributed by atoms with van der Waals surface area (Å²) in [6.45, 7) is 3.47. The number of carbonyl (C=O) groups excluding carboxylic acids is 3. The molecule has 1 aliphatic heterocycles. The van der Waals surface area contributed by atoms with Crippen molar-refractivity contribution in [3.8, 4) is 0 Å². The number of aryl methyl sites for hydroxylation is 1. The molecular weight excluding hydrogens is 276 g/mol. The second kappa shape index (κ2) is 6.09. The lowest BCUT2D eigenvalue weighted by Crippen LogP contribution is -2.49. The molecule has 0 aliphatic carbocycles. The van der Waals surface area contributed by atoms with Crippen LogP contribution in [-0.4, -0.2) is 40.2 Å². The molecular formula is C14H16N2O3S. The first-order chi connectivity index (χ1) is 9.47. The fourth-order valence-corrected chi connectivity index (χ4v) is 2.65. The molecule has 1 saturated heterocycles. The molecule has 1 heterocycles. The highest BCUT2D eigenvalue weighted by Crippen LogP contribution is 2.20. The number of rotatable bonds is 3. The van der Waals surface area contributed by atoms with E-state index in [0.717, 1.165) is 10.5 Å². The fraction of sp³-hybridized carbons (Fsp3) is 0.357. The van der Waals surface area contributed by atoms with Crippen LogP contribution < -0.4 is 5.32 Å². The van der Waals surface area contributed by atoms with E-state index >= 15 is 0 Å². The van der Waals surface area contributed by atoms with Gasteiger partial charge in [-0.1, -0.05) is 17.7 Å². The lowest BCUT2D eigenvalue weighted by atomic mass is 10.2. The molecule has 106 valence electrons. The number of hydrogen-bond donors (Lipinski definition) is 1. The molecule has 0 bridgehead atoms. The molecule has 1 aromatic rings. The van der Waals surface area contributed by atoms with Gasteiger partial charge in [0.1, 0.15) is 6.54 Å². The number of imide groups is 1. The van der Waals surface area contributed by atoms with Crippen LogP contribution in [0.15, 0.2) is 24.3 Å². The van der Waals surface area contributed by atoms with Gasteiger partial charge in [-0.2, -0.15) is 0 Å². The first-order valence-electron chi connectivity index (χ1n) is 6.29. The highest BCUT2D eigenvalue weighted by atomic mass is 32.2. The van der Waals surface area contributed by atoms with Gasteiger partial charge in [0.15, 0.2) is 0 Å². The lowest BCUT2D eigenvalue weighted by Gasteiger charge is -2.27. The highest BCUT2D eigenvalue weighted by Gasteiger charge is 2.33. The van der Waals surface area contributed by atoms with Gasteiger partial charge in [-0.15, -0.1) is 11.8 Å². The number of amides is 3. The van der Waals surface area contributed by atoms with Gasteiger partial charge in [-0.05, 0) is 26.0 Å². The smallest absolute Gasteiger partial charge is 0.244 e. The summed E-state index contributed by atoms with van der Waals surface area (Å²) < 4.78 is 0. The standard InChI is InChI=1S/C14H16N2O3S/c1-9-3-5-11(6-4-9)15-12(17)7-16-13(18)8-20-10(2)14(16)19/h3-6,10H,7-8H2,1-2H3,(H,15,17). The van der Waals surface area contributed by atoms with Crippen LogP contribution in [0, 0.1) is 6.92 Å². The van der Waals surface area contributed by atoms with E-state index in [9.17, 15) is 14.4 Å². The van der Waals surface area contributed by atoms with Crippen molar-refractivity contribution < 1.29 is 14.4 Å². The van der Waals surface area contributed by atoms with Crippen LogP contribution in [0.4, 0.5) is 5.69 Å². The molecule has 3 amide bonds. The Labute approximate surface area is 121 Å². The Kier molecular flexibility index (Phi) is 4.44. The van der Waals surface area contributed by atoms with Gasteiger partial charge in [-0.3, -0.25) is 19.3 Å². The first-order valence-corrected chi connectivity index (χ1v) is 7.34. The minimum Gasteiger partial charge on any atom is -0.325 e. The molecule has 0 spiro atoms. The van der Waals surface area contributed by atoms with Crippen molar-refractivity contribution in [2.75, 3.05) is 17.6 Å². The molecule has 20 heavy (non-hydrogen) atoms. The summed E-state index contributed by atoms with van der Waals surface area (Å²) in [7, 11) is 0. The van der Waals surface area contributed by atoms with E-state index in [4.69, 9.17) is 0 Å². The normalized spacial score (nSPS) is 19.1. The maximum Gasteiger partial charge on any atom is 0.244 e. The molecule has 1 fully saturated rings. The lowest BCUT2D eigenvalue weighted by molar-refractivity contribution is -0.145. The number of benzene rings is 1. The van der Waals surface area contributed by atoms with Gasteiger partial charge in [0.05, 0.1) is 11.0 Å². The van der Waals surface area contributed by atoms with Gasteiger partial charge >= 0.3 is 0 Å². The van der Waals surface area contributed by atoms with E-state index in [-0.39, 0.29) is 35.3 Å². The van der Waals surface area contributed by atoms with E-state index in [1.54, 1.807) is 19.1 Å². The maximum atomic E-state index is 11.9. The van der Waals surface area contributed by atoms with Crippen LogP contribution in [0.2, 0.25) is 0 Å². The molecule has 1 aliphatic rings. The third kappa shape index (κ3) is 3.39. The number of anilines is 1. The average Bonchev–Trinajstić information content (AvgIpc) is 2.42. The highest BCUT2D eigenvalue weighted by molar-refractivity contribution is 8.01. The average molecular weight is 292 g/mol. The summed E-state index contributed by atoms with van der Waals surface area (Å²) in [5.41, 5.74) is 1.75. The summed E-state index contributed by atoms with van der Waals surface area (Å²) in [6.07, 6.45) is 0. The number of nitrogens with one attached hydrogen (secondary N) is 1. The molecule has 2 rings (SSSR count). The van der Waals surface area contributed by atoms with Crippen LogP contribution in [0.5, 0.6) is 0 Å². The first kappa shape index (κ1) is 14.6. The zero-order chi connectivity index (χ0) is 14.7. The Morgan fingerprint density at radius 2 is 2.00 bits per heavy atom. The quantitative estimate of drug-likeness (QED) is 0.856. The minimum atomic E-state index is -0.366. The zero-order valence-corrected chi connectivity index (χ0v) is 12.2. The second-order valence-corrected chi connectivity index (χ2v) is 6.01. The third-order valence-corrected chi connectivity index (χ3v) is 4.12. The number of hydrogen-bond acceptors (Lipinski definition) is 4. The number of thioether (sulfide) groups is 1. The van der Waals surface area contributed by atoms with Crippen LogP contribution in [0.3, 0.4) is 0 Å². The summed E-state index contributed by atoms with van der Waals surface area (Å²) in [5.74, 6) is -0.734. The predicted molar refractivity (Wildman–Crippen MR) is 78.4 cm³/mol. The molecule has 0 aromatic heterocycles. The monoisotopic (exact) mass is 292 g/mol. The van der Waals surface area contributed by atoms with Crippen LogP contribution >= 0.6 is 11.8 Å². The Hall–Kier alpha value is -1.82. The Morgan fingerprint density at radius 1 is 1.35 bits per heavy atom. The van der Waals surface area contributed by atoms with Crippen LogP contribution in [0.25, 0.3) is 0 Å². The number of carbonyl (C=O) groups is 3. The van der Waals surface area contributed by atoms with Crippen molar-refractivity contribution in [2.45, 2.75) is 19.1 Å². The van der Waals surface area contributed by atoms with E-state index in [0.29, 0.717) is 5.69 Å². The molecule has 1 atom stereocenters. The van der Waals surface area contributed by atoms with Gasteiger partial charge < -0.3 is 5.32 Å². The minimum absolute atomic E-state index is 0.226. The van der Waals surface area contributed by atoms with E-state index in [1.165, 1.54) is 11.8 Å². The van der Waals surface area contributed by atoms with Gasteiger partial charge in [0.2, 0.25) is 17.7 Å². The maximum absolute atomic E-state index is 11.9. The topological polar surface area (TPSA) is 66.5 Å². The zero-order valence-electron chi connectivity index (χ0n) is 11.4. The predicted octanol–water partition coefficient (Wildman–Crippen LogP) is 1.42. The van der Waals surface area contributed by atoms with Crippen molar-refractivity contribution in [3.05, 3.63) is 29.8 Å². The fourth-order valence-electron chi connectivity index (χ4n) is 1.83. The molecule has 0 radical (unpaired) electrons. The molecule has 6 heteroatoms. The van der Waals surface area contributed by atoms with Gasteiger partial charge in [0.25, 0.3) is 0 Å². The summed E-state index contributed by atoms with van der Waals surface area (Å²) >= 11 is 1.30. The summed E-state index contributed by atoms with van der Waals surface area (Å²) in [5, 5.41) is 2.40. The largest absolute Gasteiger partial charge is 0.325 e. The number of nitrogens with zero attached hydrogens (tertiary/aromatic N) is 1.